The van der Waals surface area contributed by atoms with Crippen LogP contribution in [0.5, 0.6) is 5.75 Å². The van der Waals surface area contributed by atoms with Crippen LogP contribution < -0.4 is 10.2 Å². The van der Waals surface area contributed by atoms with E-state index in [-0.39, 0.29) is 5.75 Å². The Hall–Kier alpha value is -2.92. The number of aromatic hydroxyl groups is 1. The highest BCUT2D eigenvalue weighted by Gasteiger charge is 2.14. The van der Waals surface area contributed by atoms with Crippen molar-refractivity contribution in [1.82, 2.24) is 15.3 Å². The van der Waals surface area contributed by atoms with E-state index in [0.717, 1.165) is 59.8 Å². The van der Waals surface area contributed by atoms with Crippen LogP contribution in [0.2, 0.25) is 0 Å². The van der Waals surface area contributed by atoms with Gasteiger partial charge in [0.2, 0.25) is 0 Å². The number of piperazine rings is 1. The third-order valence-corrected chi connectivity index (χ3v) is 5.04. The van der Waals surface area contributed by atoms with E-state index < -0.39 is 0 Å². The first-order chi connectivity index (χ1) is 13.1. The lowest BCUT2D eigenvalue weighted by atomic mass is 10.0. The van der Waals surface area contributed by atoms with Crippen molar-refractivity contribution in [2.75, 3.05) is 31.1 Å². The molecule has 5 heteroatoms. The number of pyridine rings is 2. The Kier molecular flexibility index (Phi) is 4.77. The van der Waals surface area contributed by atoms with E-state index in [9.17, 15) is 5.11 Å². The standard InChI is InChI=1S/C22H24N4O/c1-15-14-16(2)21(27)20-19(15)8-7-18(25-20)6-5-17-4-3-9-24-22(17)26-12-10-23-11-13-26/h3-9,14,23,27H,10-13H2,1-2H3/b6-5+. The number of phenols is 1. The van der Waals surface area contributed by atoms with E-state index in [0.29, 0.717) is 5.52 Å². The average molecular weight is 360 g/mol. The number of hydrogen-bond donors (Lipinski definition) is 2. The molecule has 1 saturated heterocycles. The lowest BCUT2D eigenvalue weighted by Crippen LogP contribution is -2.44. The number of phenolic OH excluding ortho intramolecular Hbond substituents is 1. The summed E-state index contributed by atoms with van der Waals surface area (Å²) < 4.78 is 0. The van der Waals surface area contributed by atoms with Gasteiger partial charge in [0.25, 0.3) is 0 Å². The molecule has 5 nitrogen and oxygen atoms in total. The second kappa shape index (κ2) is 7.37. The highest BCUT2D eigenvalue weighted by molar-refractivity contribution is 5.89. The van der Waals surface area contributed by atoms with Gasteiger partial charge in [-0.25, -0.2) is 9.97 Å². The maximum Gasteiger partial charge on any atom is 0.144 e. The van der Waals surface area contributed by atoms with Gasteiger partial charge >= 0.3 is 0 Å². The molecule has 1 aliphatic rings. The zero-order valence-corrected chi connectivity index (χ0v) is 15.7. The van der Waals surface area contributed by atoms with E-state index in [1.807, 2.05) is 50.4 Å². The molecule has 3 heterocycles. The van der Waals surface area contributed by atoms with Gasteiger partial charge in [0.1, 0.15) is 17.1 Å². The molecule has 0 atom stereocenters. The van der Waals surface area contributed by atoms with Crippen LogP contribution >= 0.6 is 0 Å². The lowest BCUT2D eigenvalue weighted by molar-refractivity contribution is 0.476. The molecule has 0 spiro atoms. The van der Waals surface area contributed by atoms with Crippen LogP contribution in [0, 0.1) is 13.8 Å². The lowest BCUT2D eigenvalue weighted by Gasteiger charge is -2.29. The number of aryl methyl sites for hydroxylation is 2. The SMILES string of the molecule is Cc1cc(C)c2ccc(/C=C/c3cccnc3N3CCNCC3)nc2c1O. The Morgan fingerprint density at radius 2 is 1.89 bits per heavy atom. The summed E-state index contributed by atoms with van der Waals surface area (Å²) in [6, 6.07) is 10.0. The van der Waals surface area contributed by atoms with E-state index in [2.05, 4.69) is 32.3 Å². The van der Waals surface area contributed by atoms with Gasteiger partial charge in [-0.3, -0.25) is 0 Å². The summed E-state index contributed by atoms with van der Waals surface area (Å²) in [5.41, 5.74) is 4.52. The van der Waals surface area contributed by atoms with Gasteiger partial charge in [0.05, 0.1) is 5.69 Å². The van der Waals surface area contributed by atoms with Crippen molar-refractivity contribution >= 4 is 28.9 Å². The van der Waals surface area contributed by atoms with Gasteiger partial charge in [-0.05, 0) is 55.3 Å². The third-order valence-electron chi connectivity index (χ3n) is 5.04. The molecule has 0 aliphatic carbocycles. The summed E-state index contributed by atoms with van der Waals surface area (Å²) in [6.45, 7) is 7.81. The van der Waals surface area contributed by atoms with Crippen LogP contribution in [0.4, 0.5) is 5.82 Å². The molecule has 2 aromatic heterocycles. The maximum atomic E-state index is 10.4. The van der Waals surface area contributed by atoms with E-state index in [1.165, 1.54) is 0 Å². The summed E-state index contributed by atoms with van der Waals surface area (Å²) in [5, 5.41) is 14.8. The largest absolute Gasteiger partial charge is 0.505 e. The number of nitrogens with one attached hydrogen (secondary N) is 1. The van der Waals surface area contributed by atoms with Gasteiger partial charge in [-0.15, -0.1) is 0 Å². The Balaban J connectivity index is 1.68. The normalized spacial score (nSPS) is 15.0. The molecule has 2 N–H and O–H groups in total. The fourth-order valence-corrected chi connectivity index (χ4v) is 3.58. The van der Waals surface area contributed by atoms with E-state index in [4.69, 9.17) is 0 Å². The topological polar surface area (TPSA) is 61.3 Å². The summed E-state index contributed by atoms with van der Waals surface area (Å²) in [5.74, 6) is 1.26. The fourth-order valence-electron chi connectivity index (χ4n) is 3.58. The Labute approximate surface area is 159 Å². The number of aromatic nitrogens is 2. The van der Waals surface area contributed by atoms with Crippen molar-refractivity contribution in [3.05, 3.63) is 58.9 Å². The van der Waals surface area contributed by atoms with Gasteiger partial charge in [-0.2, -0.15) is 0 Å². The van der Waals surface area contributed by atoms with E-state index >= 15 is 0 Å². The molecule has 1 fully saturated rings. The van der Waals surface area contributed by atoms with Crippen LogP contribution in [0.1, 0.15) is 22.4 Å². The molecule has 0 amide bonds. The number of fused-ring (bicyclic) bond motifs is 1. The smallest absolute Gasteiger partial charge is 0.144 e. The van der Waals surface area contributed by atoms with Crippen molar-refractivity contribution in [2.24, 2.45) is 0 Å². The quantitative estimate of drug-likeness (QED) is 0.748. The first kappa shape index (κ1) is 17.5. The zero-order chi connectivity index (χ0) is 18.8. The molecule has 4 rings (SSSR count). The van der Waals surface area contributed by atoms with Gasteiger partial charge in [-0.1, -0.05) is 12.1 Å². The second-order valence-corrected chi connectivity index (χ2v) is 6.98. The molecule has 0 bridgehead atoms. The maximum absolute atomic E-state index is 10.4. The summed E-state index contributed by atoms with van der Waals surface area (Å²) in [6.07, 6.45) is 5.88. The van der Waals surface area contributed by atoms with Crippen LogP contribution in [-0.4, -0.2) is 41.3 Å². The monoisotopic (exact) mass is 360 g/mol. The number of benzene rings is 1. The Bertz CT molecular complexity index is 1010. The molecular weight excluding hydrogens is 336 g/mol. The van der Waals surface area contributed by atoms with Crippen molar-refractivity contribution in [2.45, 2.75) is 13.8 Å². The predicted octanol–water partition coefficient (Wildman–Crippen LogP) is 3.53. The molecule has 1 aromatic carbocycles. The third kappa shape index (κ3) is 3.51. The van der Waals surface area contributed by atoms with Gasteiger partial charge < -0.3 is 15.3 Å². The number of hydrogen-bond acceptors (Lipinski definition) is 5. The fraction of sp³-hybridized carbons (Fsp3) is 0.273. The van der Waals surface area contributed by atoms with Crippen LogP contribution in [-0.2, 0) is 0 Å². The van der Waals surface area contributed by atoms with Gasteiger partial charge in [0, 0.05) is 43.3 Å². The first-order valence-corrected chi connectivity index (χ1v) is 9.32. The minimum absolute atomic E-state index is 0.258. The zero-order valence-electron chi connectivity index (χ0n) is 15.7. The molecule has 0 radical (unpaired) electrons. The molecule has 3 aromatic rings. The minimum atomic E-state index is 0.258. The summed E-state index contributed by atoms with van der Waals surface area (Å²) in [7, 11) is 0. The highest BCUT2D eigenvalue weighted by atomic mass is 16.3. The van der Waals surface area contributed by atoms with Crippen molar-refractivity contribution in [1.29, 1.82) is 0 Å². The molecule has 0 saturated carbocycles. The number of anilines is 1. The van der Waals surface area contributed by atoms with Crippen LogP contribution in [0.3, 0.4) is 0 Å². The Morgan fingerprint density at radius 3 is 2.70 bits per heavy atom. The molecule has 138 valence electrons. The molecule has 1 aliphatic heterocycles. The van der Waals surface area contributed by atoms with Gasteiger partial charge in [0.15, 0.2) is 0 Å². The van der Waals surface area contributed by atoms with E-state index in [1.54, 1.807) is 0 Å². The van der Waals surface area contributed by atoms with Crippen LogP contribution in [0.25, 0.3) is 23.1 Å². The predicted molar refractivity (Wildman–Crippen MR) is 111 cm³/mol. The van der Waals surface area contributed by atoms with Crippen molar-refractivity contribution in [3.63, 3.8) is 0 Å². The Morgan fingerprint density at radius 1 is 1.07 bits per heavy atom. The van der Waals surface area contributed by atoms with Crippen LogP contribution in [0.15, 0.2) is 36.5 Å². The number of rotatable bonds is 3. The number of nitrogens with zero attached hydrogens (tertiary/aromatic N) is 3. The second-order valence-electron chi connectivity index (χ2n) is 6.98. The summed E-state index contributed by atoms with van der Waals surface area (Å²) >= 11 is 0. The van der Waals surface area contributed by atoms with Crippen molar-refractivity contribution in [3.8, 4) is 5.75 Å². The average Bonchev–Trinajstić information content (AvgIpc) is 2.71. The molecule has 27 heavy (non-hydrogen) atoms. The minimum Gasteiger partial charge on any atom is -0.505 e. The highest BCUT2D eigenvalue weighted by Crippen LogP contribution is 2.30. The summed E-state index contributed by atoms with van der Waals surface area (Å²) in [4.78, 5) is 11.6. The van der Waals surface area contributed by atoms with Crippen molar-refractivity contribution < 1.29 is 5.11 Å². The molecular formula is C22H24N4O. The first-order valence-electron chi connectivity index (χ1n) is 9.32. The molecule has 0 unspecified atom stereocenters.